The largest absolute Gasteiger partial charge is 0.355 e. The molecule has 0 saturated carbocycles. The minimum absolute atomic E-state index is 0.118. The van der Waals surface area contributed by atoms with Crippen LogP contribution in [0.5, 0.6) is 0 Å². The molecule has 0 heterocycles. The summed E-state index contributed by atoms with van der Waals surface area (Å²) in [5, 5.41) is 2.87. The van der Waals surface area contributed by atoms with Gasteiger partial charge in [-0.2, -0.15) is 11.8 Å². The first-order chi connectivity index (χ1) is 6.45. The second-order valence-corrected chi connectivity index (χ2v) is 5.17. The van der Waals surface area contributed by atoms with Crippen molar-refractivity contribution >= 4 is 17.7 Å². The quantitative estimate of drug-likeness (QED) is 0.635. The third-order valence-corrected chi connectivity index (χ3v) is 2.97. The molecule has 14 heavy (non-hydrogen) atoms. The first-order valence-corrected chi connectivity index (χ1v) is 6.24. The number of carbonyl (C=O) groups excluding carboxylic acids is 1. The summed E-state index contributed by atoms with van der Waals surface area (Å²) in [6.45, 7) is 6.84. The van der Waals surface area contributed by atoms with E-state index in [4.69, 9.17) is 5.73 Å². The summed E-state index contributed by atoms with van der Waals surface area (Å²) in [5.41, 5.74) is 5.60. The van der Waals surface area contributed by atoms with Crippen LogP contribution in [0, 0.1) is 0 Å². The predicted octanol–water partition coefficient (Wildman–Crippen LogP) is 1.37. The predicted molar refractivity (Wildman–Crippen MR) is 63.5 cm³/mol. The van der Waals surface area contributed by atoms with Crippen molar-refractivity contribution in [1.29, 1.82) is 0 Å². The molecule has 0 fully saturated rings. The van der Waals surface area contributed by atoms with E-state index in [9.17, 15) is 4.79 Å². The van der Waals surface area contributed by atoms with Crippen molar-refractivity contribution < 1.29 is 4.79 Å². The number of unbranched alkanes of at least 4 members (excludes halogenated alkanes) is 1. The molecule has 0 aliphatic carbocycles. The summed E-state index contributed by atoms with van der Waals surface area (Å²) >= 11 is 1.59. The Morgan fingerprint density at radius 1 is 1.50 bits per heavy atom. The van der Waals surface area contributed by atoms with Gasteiger partial charge in [-0.05, 0) is 20.3 Å². The lowest BCUT2D eigenvalue weighted by Crippen LogP contribution is -2.35. The summed E-state index contributed by atoms with van der Waals surface area (Å²) < 4.78 is 0. The van der Waals surface area contributed by atoms with E-state index >= 15 is 0 Å². The fraction of sp³-hybridized carbons (Fsp3) is 0.900. The van der Waals surface area contributed by atoms with Gasteiger partial charge in [0, 0.05) is 17.8 Å². The Bertz CT molecular complexity index is 166. The molecule has 0 aromatic heterocycles. The highest BCUT2D eigenvalue weighted by Gasteiger charge is 2.11. The zero-order chi connectivity index (χ0) is 11.0. The Hall–Kier alpha value is -0.220. The lowest BCUT2D eigenvalue weighted by atomic mass is 10.1. The van der Waals surface area contributed by atoms with E-state index in [1.165, 1.54) is 0 Å². The molecule has 84 valence electrons. The molecule has 0 rings (SSSR count). The number of thioether (sulfide) groups is 1. The van der Waals surface area contributed by atoms with Crippen LogP contribution in [0.1, 0.15) is 33.6 Å². The Kier molecular flexibility index (Phi) is 7.01. The van der Waals surface area contributed by atoms with Crippen molar-refractivity contribution in [2.45, 2.75) is 39.2 Å². The lowest BCUT2D eigenvalue weighted by molar-refractivity contribution is -0.118. The topological polar surface area (TPSA) is 55.1 Å². The maximum absolute atomic E-state index is 11.2. The van der Waals surface area contributed by atoms with Gasteiger partial charge in [0.15, 0.2) is 0 Å². The average molecular weight is 218 g/mol. The number of nitrogens with two attached hydrogens (primary N) is 1. The second-order valence-electron chi connectivity index (χ2n) is 4.18. The van der Waals surface area contributed by atoms with Crippen LogP contribution >= 0.6 is 11.8 Å². The molecule has 0 unspecified atom stereocenters. The maximum atomic E-state index is 11.2. The van der Waals surface area contributed by atoms with Crippen LogP contribution in [-0.4, -0.2) is 29.5 Å². The van der Waals surface area contributed by atoms with E-state index in [-0.39, 0.29) is 11.4 Å². The van der Waals surface area contributed by atoms with Gasteiger partial charge in [-0.25, -0.2) is 0 Å². The van der Waals surface area contributed by atoms with Gasteiger partial charge in [-0.1, -0.05) is 13.3 Å². The zero-order valence-electron chi connectivity index (χ0n) is 9.43. The minimum atomic E-state index is -0.186. The molecule has 0 aromatic rings. The monoisotopic (exact) mass is 218 g/mol. The van der Waals surface area contributed by atoms with Crippen LogP contribution in [0.4, 0.5) is 0 Å². The van der Waals surface area contributed by atoms with E-state index in [2.05, 4.69) is 12.2 Å². The highest BCUT2D eigenvalue weighted by Crippen LogP contribution is 2.08. The smallest absolute Gasteiger partial charge is 0.229 e. The van der Waals surface area contributed by atoms with E-state index in [1.807, 2.05) is 13.8 Å². The van der Waals surface area contributed by atoms with Crippen molar-refractivity contribution in [2.24, 2.45) is 5.73 Å². The van der Waals surface area contributed by atoms with E-state index < -0.39 is 0 Å². The summed E-state index contributed by atoms with van der Waals surface area (Å²) in [7, 11) is 0. The fourth-order valence-corrected chi connectivity index (χ4v) is 1.78. The Balaban J connectivity index is 3.36. The molecule has 0 atom stereocenters. The molecule has 0 spiro atoms. The van der Waals surface area contributed by atoms with Gasteiger partial charge in [-0.15, -0.1) is 0 Å². The Morgan fingerprint density at radius 3 is 2.64 bits per heavy atom. The van der Waals surface area contributed by atoms with Gasteiger partial charge in [0.05, 0.1) is 5.75 Å². The second kappa shape index (κ2) is 7.12. The summed E-state index contributed by atoms with van der Waals surface area (Å²) in [6.07, 6.45) is 2.17. The Labute approximate surface area is 91.2 Å². The van der Waals surface area contributed by atoms with Crippen molar-refractivity contribution in [1.82, 2.24) is 5.32 Å². The normalized spacial score (nSPS) is 11.4. The van der Waals surface area contributed by atoms with Crippen LogP contribution in [0.15, 0.2) is 0 Å². The number of hydrogen-bond donors (Lipinski definition) is 2. The van der Waals surface area contributed by atoms with Crippen LogP contribution in [0.2, 0.25) is 0 Å². The van der Waals surface area contributed by atoms with E-state index in [0.717, 1.165) is 25.1 Å². The third-order valence-electron chi connectivity index (χ3n) is 1.56. The van der Waals surface area contributed by atoms with Gasteiger partial charge >= 0.3 is 0 Å². The number of nitrogens with one attached hydrogen (secondary N) is 1. The summed E-state index contributed by atoms with van der Waals surface area (Å²) in [4.78, 5) is 11.2. The van der Waals surface area contributed by atoms with Crippen molar-refractivity contribution in [3.05, 3.63) is 0 Å². The molecule has 4 heteroatoms. The van der Waals surface area contributed by atoms with Crippen LogP contribution < -0.4 is 11.1 Å². The molecular formula is C10H22N2OS. The minimum Gasteiger partial charge on any atom is -0.355 e. The molecule has 0 aliphatic rings. The highest BCUT2D eigenvalue weighted by molar-refractivity contribution is 8.00. The lowest BCUT2D eigenvalue weighted by Gasteiger charge is -2.17. The van der Waals surface area contributed by atoms with Gasteiger partial charge in [0.2, 0.25) is 5.91 Å². The molecule has 3 N–H and O–H groups in total. The van der Waals surface area contributed by atoms with Crippen LogP contribution in [-0.2, 0) is 4.79 Å². The summed E-state index contributed by atoms with van der Waals surface area (Å²) in [6, 6.07) is 0. The average Bonchev–Trinajstić information content (AvgIpc) is 2.02. The van der Waals surface area contributed by atoms with Gasteiger partial charge < -0.3 is 11.1 Å². The zero-order valence-corrected chi connectivity index (χ0v) is 10.2. The van der Waals surface area contributed by atoms with Gasteiger partial charge in [0.1, 0.15) is 0 Å². The maximum Gasteiger partial charge on any atom is 0.229 e. The first-order valence-electron chi connectivity index (χ1n) is 5.09. The molecule has 0 aromatic carbocycles. The van der Waals surface area contributed by atoms with Crippen LogP contribution in [0.25, 0.3) is 0 Å². The van der Waals surface area contributed by atoms with Crippen molar-refractivity contribution in [3.63, 3.8) is 0 Å². The number of hydrogen-bond acceptors (Lipinski definition) is 3. The van der Waals surface area contributed by atoms with Gasteiger partial charge in [-0.3, -0.25) is 4.79 Å². The number of rotatable bonds is 7. The fourth-order valence-electron chi connectivity index (χ4n) is 0.862. The SMILES string of the molecule is CCCCNC(=O)CSCC(C)(C)N. The van der Waals surface area contributed by atoms with Crippen molar-refractivity contribution in [3.8, 4) is 0 Å². The van der Waals surface area contributed by atoms with Gasteiger partial charge in [0.25, 0.3) is 0 Å². The molecule has 0 saturated heterocycles. The molecule has 0 aliphatic heterocycles. The number of carbonyl (C=O) groups is 1. The molecule has 0 bridgehead atoms. The molecule has 1 amide bonds. The standard InChI is InChI=1S/C10H22N2OS/c1-4-5-6-12-9(13)7-14-8-10(2,3)11/h4-8,11H2,1-3H3,(H,12,13). The summed E-state index contributed by atoms with van der Waals surface area (Å²) in [5.74, 6) is 1.45. The molecular weight excluding hydrogens is 196 g/mol. The molecule has 3 nitrogen and oxygen atoms in total. The first kappa shape index (κ1) is 13.8. The van der Waals surface area contributed by atoms with Crippen molar-refractivity contribution in [2.75, 3.05) is 18.1 Å². The number of amides is 1. The molecule has 0 radical (unpaired) electrons. The highest BCUT2D eigenvalue weighted by atomic mass is 32.2. The van der Waals surface area contributed by atoms with E-state index in [0.29, 0.717) is 5.75 Å². The third kappa shape index (κ3) is 9.86. The Morgan fingerprint density at radius 2 is 2.14 bits per heavy atom. The van der Waals surface area contributed by atoms with E-state index in [1.54, 1.807) is 11.8 Å². The van der Waals surface area contributed by atoms with Crippen LogP contribution in [0.3, 0.4) is 0 Å².